The summed E-state index contributed by atoms with van der Waals surface area (Å²) in [5.41, 5.74) is 0.133. The van der Waals surface area contributed by atoms with E-state index in [1.807, 2.05) is 13.8 Å². The Morgan fingerprint density at radius 2 is 1.88 bits per heavy atom. The Morgan fingerprint density at radius 3 is 2.62 bits per heavy atom. The van der Waals surface area contributed by atoms with E-state index in [4.69, 9.17) is 9.47 Å². The zero-order valence-electron chi connectivity index (χ0n) is 18.9. The average molecular weight is 462 g/mol. The second kappa shape index (κ2) is 8.43. The first-order chi connectivity index (χ1) is 15.4. The highest BCUT2D eigenvalue weighted by Gasteiger charge is 2.34. The maximum absolute atomic E-state index is 13.7. The summed E-state index contributed by atoms with van der Waals surface area (Å²) in [6, 6.07) is -0.230. The van der Waals surface area contributed by atoms with Crippen LogP contribution >= 0.6 is 11.3 Å². The van der Waals surface area contributed by atoms with Crippen molar-refractivity contribution in [2.45, 2.75) is 70.6 Å². The second-order valence-electron chi connectivity index (χ2n) is 9.68. The molecule has 1 atom stereocenters. The molecular formula is C23H31N3O5S. The van der Waals surface area contributed by atoms with Gasteiger partial charge in [-0.1, -0.05) is 0 Å². The molecule has 2 aromatic heterocycles. The Labute approximate surface area is 190 Å². The predicted octanol–water partition coefficient (Wildman–Crippen LogP) is 2.09. The molecule has 3 aliphatic rings. The van der Waals surface area contributed by atoms with Crippen LogP contribution in [0.4, 0.5) is 0 Å². The number of morpholine rings is 1. The number of aryl methyl sites for hydroxylation is 2. The third-order valence-corrected chi connectivity index (χ3v) is 8.28. The molecule has 32 heavy (non-hydrogen) atoms. The fourth-order valence-corrected chi connectivity index (χ4v) is 6.69. The summed E-state index contributed by atoms with van der Waals surface area (Å²) in [5.74, 6) is -0.0967. The summed E-state index contributed by atoms with van der Waals surface area (Å²) in [5, 5.41) is 0.656. The van der Waals surface area contributed by atoms with Crippen LogP contribution in [0.5, 0.6) is 0 Å². The van der Waals surface area contributed by atoms with Crippen molar-refractivity contribution in [2.24, 2.45) is 0 Å². The van der Waals surface area contributed by atoms with Crippen molar-refractivity contribution in [2.75, 3.05) is 32.9 Å². The fourth-order valence-electron chi connectivity index (χ4n) is 5.32. The summed E-state index contributed by atoms with van der Waals surface area (Å²) in [6.07, 6.45) is 5.15. The maximum atomic E-state index is 13.7. The highest BCUT2D eigenvalue weighted by molar-refractivity contribution is 7.18. The zero-order valence-corrected chi connectivity index (χ0v) is 19.7. The Bertz CT molecular complexity index is 1160. The van der Waals surface area contributed by atoms with E-state index < -0.39 is 5.60 Å². The molecule has 0 bridgehead atoms. The number of hydrogen-bond donors (Lipinski definition) is 0. The number of aromatic nitrogens is 2. The van der Waals surface area contributed by atoms with Crippen molar-refractivity contribution >= 4 is 27.5 Å². The van der Waals surface area contributed by atoms with E-state index in [9.17, 15) is 14.4 Å². The van der Waals surface area contributed by atoms with Gasteiger partial charge in [0, 0.05) is 30.6 Å². The second-order valence-corrected chi connectivity index (χ2v) is 10.8. The van der Waals surface area contributed by atoms with Gasteiger partial charge in [-0.2, -0.15) is 0 Å². The van der Waals surface area contributed by atoms with Crippen LogP contribution < -0.4 is 11.2 Å². The first-order valence-electron chi connectivity index (χ1n) is 11.6. The van der Waals surface area contributed by atoms with E-state index in [2.05, 4.69) is 0 Å². The minimum absolute atomic E-state index is 0.0401. The van der Waals surface area contributed by atoms with Gasteiger partial charge in [0.15, 0.2) is 0 Å². The number of fused-ring (bicyclic) bond motifs is 3. The highest BCUT2D eigenvalue weighted by Crippen LogP contribution is 2.35. The summed E-state index contributed by atoms with van der Waals surface area (Å²) in [7, 11) is 0. The van der Waals surface area contributed by atoms with Crippen LogP contribution in [0.25, 0.3) is 10.2 Å². The molecule has 2 aliphatic heterocycles. The molecule has 174 valence electrons. The topological polar surface area (TPSA) is 82.8 Å². The lowest BCUT2D eigenvalue weighted by Crippen LogP contribution is -2.48. The molecule has 0 saturated carbocycles. The van der Waals surface area contributed by atoms with Crippen LogP contribution in [0.15, 0.2) is 9.59 Å². The average Bonchev–Trinajstić information content (AvgIpc) is 3.16. The first-order valence-corrected chi connectivity index (χ1v) is 12.5. The van der Waals surface area contributed by atoms with Crippen LogP contribution in [0.2, 0.25) is 0 Å². The summed E-state index contributed by atoms with van der Waals surface area (Å²) >= 11 is 1.53. The maximum Gasteiger partial charge on any atom is 0.332 e. The smallest absolute Gasteiger partial charge is 0.332 e. The van der Waals surface area contributed by atoms with E-state index in [0.717, 1.165) is 31.2 Å². The van der Waals surface area contributed by atoms with Crippen LogP contribution in [0, 0.1) is 0 Å². The van der Waals surface area contributed by atoms with Crippen molar-refractivity contribution < 1.29 is 14.3 Å². The standard InChI is InChI=1S/C23H31N3O5S/c1-23(2)13-15(7-10-31-23)26-20(28)19-16-5-3-4-6-17(16)32-21(19)25(22(26)29)14-18(27)24-8-11-30-12-9-24/h15H,3-14H2,1-2H3/t15-/m0/s1. The van der Waals surface area contributed by atoms with Gasteiger partial charge >= 0.3 is 5.69 Å². The van der Waals surface area contributed by atoms with Gasteiger partial charge in [-0.05, 0) is 57.9 Å². The SMILES string of the molecule is CC1(C)C[C@@H](n2c(=O)c3c4c(sc3n(CC(=O)N3CCOCC3)c2=O)CCCC4)CCO1. The van der Waals surface area contributed by atoms with E-state index in [1.165, 1.54) is 20.8 Å². The molecule has 5 rings (SSSR count). The van der Waals surface area contributed by atoms with Gasteiger partial charge in [0.2, 0.25) is 5.91 Å². The molecule has 2 fully saturated rings. The molecular weight excluding hydrogens is 430 g/mol. The molecule has 0 radical (unpaired) electrons. The van der Waals surface area contributed by atoms with Crippen LogP contribution in [0.3, 0.4) is 0 Å². The number of nitrogens with zero attached hydrogens (tertiary/aromatic N) is 3. The van der Waals surface area contributed by atoms with Gasteiger partial charge in [-0.3, -0.25) is 18.7 Å². The lowest BCUT2D eigenvalue weighted by Gasteiger charge is -2.36. The normalized spacial score (nSPS) is 23.3. The number of hydrogen-bond acceptors (Lipinski definition) is 6. The Morgan fingerprint density at radius 1 is 1.12 bits per heavy atom. The lowest BCUT2D eigenvalue weighted by molar-refractivity contribution is -0.135. The fraction of sp³-hybridized carbons (Fsp3) is 0.696. The van der Waals surface area contributed by atoms with Crippen molar-refractivity contribution in [1.29, 1.82) is 0 Å². The Kier molecular flexibility index (Phi) is 5.75. The Balaban J connectivity index is 1.66. The van der Waals surface area contributed by atoms with Gasteiger partial charge in [0.1, 0.15) is 11.4 Å². The molecule has 8 nitrogen and oxygen atoms in total. The van der Waals surface area contributed by atoms with E-state index in [0.29, 0.717) is 56.0 Å². The minimum Gasteiger partial charge on any atom is -0.378 e. The quantitative estimate of drug-likeness (QED) is 0.699. The number of carbonyl (C=O) groups is 1. The van der Waals surface area contributed by atoms with E-state index in [-0.39, 0.29) is 29.7 Å². The minimum atomic E-state index is -0.397. The van der Waals surface area contributed by atoms with E-state index in [1.54, 1.807) is 9.47 Å². The van der Waals surface area contributed by atoms with Crippen molar-refractivity contribution in [3.63, 3.8) is 0 Å². The molecule has 0 unspecified atom stereocenters. The van der Waals surface area contributed by atoms with Crippen molar-refractivity contribution in [3.8, 4) is 0 Å². The van der Waals surface area contributed by atoms with Gasteiger partial charge in [0.05, 0.1) is 24.2 Å². The summed E-state index contributed by atoms with van der Waals surface area (Å²) in [6.45, 7) is 6.56. The highest BCUT2D eigenvalue weighted by atomic mass is 32.1. The monoisotopic (exact) mass is 461 g/mol. The van der Waals surface area contributed by atoms with Gasteiger partial charge in [-0.15, -0.1) is 11.3 Å². The molecule has 9 heteroatoms. The zero-order chi connectivity index (χ0) is 22.5. The predicted molar refractivity (Wildman–Crippen MR) is 123 cm³/mol. The molecule has 2 saturated heterocycles. The van der Waals surface area contributed by atoms with Gasteiger partial charge in [-0.25, -0.2) is 4.79 Å². The van der Waals surface area contributed by atoms with Gasteiger partial charge in [0.25, 0.3) is 5.56 Å². The Hall–Kier alpha value is -1.97. The lowest BCUT2D eigenvalue weighted by atomic mass is 9.93. The number of rotatable bonds is 3. The number of ether oxygens (including phenoxy) is 2. The number of thiophene rings is 1. The molecule has 1 amide bonds. The third kappa shape index (κ3) is 3.84. The molecule has 4 heterocycles. The molecule has 2 aromatic rings. The van der Waals surface area contributed by atoms with Crippen molar-refractivity contribution in [3.05, 3.63) is 31.3 Å². The van der Waals surface area contributed by atoms with Crippen molar-refractivity contribution in [1.82, 2.24) is 14.0 Å². The van der Waals surface area contributed by atoms with E-state index >= 15 is 0 Å². The summed E-state index contributed by atoms with van der Waals surface area (Å²) in [4.78, 5) is 44.2. The summed E-state index contributed by atoms with van der Waals surface area (Å²) < 4.78 is 14.2. The largest absolute Gasteiger partial charge is 0.378 e. The van der Waals surface area contributed by atoms with Crippen LogP contribution in [-0.4, -0.2) is 58.5 Å². The van der Waals surface area contributed by atoms with Crippen LogP contribution in [0.1, 0.15) is 56.0 Å². The number of carbonyl (C=O) groups excluding carboxylic acids is 1. The molecule has 0 aromatic carbocycles. The first kappa shape index (κ1) is 21.9. The van der Waals surface area contributed by atoms with Gasteiger partial charge < -0.3 is 14.4 Å². The number of amides is 1. The molecule has 0 N–H and O–H groups in total. The van der Waals surface area contributed by atoms with Crippen LogP contribution in [-0.2, 0) is 33.7 Å². The third-order valence-electron chi connectivity index (χ3n) is 6.96. The molecule has 0 spiro atoms. The molecule has 1 aliphatic carbocycles.